The van der Waals surface area contributed by atoms with Crippen LogP contribution in [0.2, 0.25) is 0 Å². The standard InChI is InChI=1S/C10H8N6O2/c11-5-3-1-2-4(12-5)7-13-6-8(14-7)15-10(18)16-9(6)17/h1-3H,(H2,11,12)(H3,13,14,15,16,17,18). The van der Waals surface area contributed by atoms with Gasteiger partial charge in [0, 0.05) is 0 Å². The van der Waals surface area contributed by atoms with Crippen molar-refractivity contribution in [3.05, 3.63) is 39.0 Å². The predicted octanol–water partition coefficient (Wildman–Crippen LogP) is -0.416. The summed E-state index contributed by atoms with van der Waals surface area (Å²) < 4.78 is 0. The van der Waals surface area contributed by atoms with Gasteiger partial charge in [0.2, 0.25) is 0 Å². The Morgan fingerprint density at radius 1 is 1.06 bits per heavy atom. The van der Waals surface area contributed by atoms with Crippen LogP contribution >= 0.6 is 0 Å². The Morgan fingerprint density at radius 3 is 2.67 bits per heavy atom. The van der Waals surface area contributed by atoms with Gasteiger partial charge in [-0.25, -0.2) is 14.8 Å². The molecule has 18 heavy (non-hydrogen) atoms. The molecular formula is C10H8N6O2. The highest BCUT2D eigenvalue weighted by Crippen LogP contribution is 2.15. The van der Waals surface area contributed by atoms with Crippen molar-refractivity contribution in [2.24, 2.45) is 0 Å². The molecule has 0 aliphatic rings. The molecule has 3 aromatic heterocycles. The average molecular weight is 244 g/mol. The van der Waals surface area contributed by atoms with Crippen molar-refractivity contribution in [2.75, 3.05) is 5.73 Å². The summed E-state index contributed by atoms with van der Waals surface area (Å²) >= 11 is 0. The van der Waals surface area contributed by atoms with Gasteiger partial charge in [0.1, 0.15) is 17.0 Å². The number of nitrogens with zero attached hydrogens (tertiary/aromatic N) is 2. The number of hydrogen-bond donors (Lipinski definition) is 4. The van der Waals surface area contributed by atoms with Gasteiger partial charge < -0.3 is 10.7 Å². The number of pyridine rings is 1. The zero-order valence-electron chi connectivity index (χ0n) is 9.02. The second-order valence-electron chi connectivity index (χ2n) is 3.66. The number of aromatic amines is 3. The number of rotatable bonds is 1. The summed E-state index contributed by atoms with van der Waals surface area (Å²) in [6, 6.07) is 5.05. The summed E-state index contributed by atoms with van der Waals surface area (Å²) in [7, 11) is 0. The van der Waals surface area contributed by atoms with Crippen LogP contribution in [-0.2, 0) is 0 Å². The maximum absolute atomic E-state index is 11.5. The second-order valence-corrected chi connectivity index (χ2v) is 3.66. The quantitative estimate of drug-likeness (QED) is 0.461. The largest absolute Gasteiger partial charge is 0.384 e. The number of imidazole rings is 1. The van der Waals surface area contributed by atoms with Crippen LogP contribution in [-0.4, -0.2) is 24.9 Å². The molecule has 0 fully saturated rings. The molecule has 0 atom stereocenters. The van der Waals surface area contributed by atoms with E-state index in [1.54, 1.807) is 18.2 Å². The first kappa shape index (κ1) is 10.3. The summed E-state index contributed by atoms with van der Waals surface area (Å²) in [6.45, 7) is 0. The molecule has 3 rings (SSSR count). The molecule has 0 aromatic carbocycles. The predicted molar refractivity (Wildman–Crippen MR) is 65.0 cm³/mol. The highest BCUT2D eigenvalue weighted by atomic mass is 16.2. The van der Waals surface area contributed by atoms with E-state index in [2.05, 4.69) is 24.9 Å². The molecule has 0 unspecified atom stereocenters. The number of aromatic nitrogens is 5. The Balaban J connectivity index is 2.29. The third kappa shape index (κ3) is 1.56. The molecule has 0 saturated heterocycles. The number of nitrogens with one attached hydrogen (secondary N) is 3. The third-order valence-corrected chi connectivity index (χ3v) is 2.40. The van der Waals surface area contributed by atoms with Gasteiger partial charge in [-0.05, 0) is 12.1 Å². The molecule has 0 aliphatic heterocycles. The van der Waals surface area contributed by atoms with Gasteiger partial charge in [-0.2, -0.15) is 0 Å². The zero-order valence-corrected chi connectivity index (χ0v) is 9.02. The highest BCUT2D eigenvalue weighted by molar-refractivity contribution is 5.73. The average Bonchev–Trinajstić information content (AvgIpc) is 2.73. The lowest BCUT2D eigenvalue weighted by molar-refractivity contribution is 1.07. The number of hydrogen-bond acceptors (Lipinski definition) is 5. The molecule has 8 heteroatoms. The van der Waals surface area contributed by atoms with E-state index in [9.17, 15) is 9.59 Å². The molecule has 0 radical (unpaired) electrons. The van der Waals surface area contributed by atoms with E-state index in [-0.39, 0.29) is 11.2 Å². The summed E-state index contributed by atoms with van der Waals surface area (Å²) in [4.78, 5) is 38.1. The summed E-state index contributed by atoms with van der Waals surface area (Å²) in [6.07, 6.45) is 0. The molecule has 0 spiro atoms. The molecule has 0 aliphatic carbocycles. The third-order valence-electron chi connectivity index (χ3n) is 2.40. The van der Waals surface area contributed by atoms with Crippen molar-refractivity contribution in [1.29, 1.82) is 0 Å². The first-order valence-electron chi connectivity index (χ1n) is 5.09. The van der Waals surface area contributed by atoms with E-state index < -0.39 is 11.2 Å². The lowest BCUT2D eigenvalue weighted by Crippen LogP contribution is -2.21. The van der Waals surface area contributed by atoms with Crippen molar-refractivity contribution in [2.45, 2.75) is 0 Å². The first-order chi connectivity index (χ1) is 8.63. The minimum atomic E-state index is -0.605. The molecule has 0 amide bonds. The molecule has 0 saturated carbocycles. The Labute approximate surface area is 98.9 Å². The van der Waals surface area contributed by atoms with Crippen LogP contribution in [0, 0.1) is 0 Å². The Kier molecular flexibility index (Phi) is 2.03. The van der Waals surface area contributed by atoms with Gasteiger partial charge in [-0.1, -0.05) is 6.07 Å². The molecule has 90 valence electrons. The summed E-state index contributed by atoms with van der Waals surface area (Å²) in [5, 5.41) is 0. The van der Waals surface area contributed by atoms with E-state index in [4.69, 9.17) is 5.73 Å². The van der Waals surface area contributed by atoms with Crippen molar-refractivity contribution in [3.8, 4) is 11.5 Å². The van der Waals surface area contributed by atoms with Gasteiger partial charge in [0.25, 0.3) is 5.56 Å². The Morgan fingerprint density at radius 2 is 1.89 bits per heavy atom. The highest BCUT2D eigenvalue weighted by Gasteiger charge is 2.10. The molecule has 5 N–H and O–H groups in total. The molecule has 3 heterocycles. The van der Waals surface area contributed by atoms with Crippen LogP contribution in [0.1, 0.15) is 0 Å². The summed E-state index contributed by atoms with van der Waals surface area (Å²) in [5.74, 6) is 0.708. The van der Waals surface area contributed by atoms with Crippen molar-refractivity contribution >= 4 is 17.0 Å². The van der Waals surface area contributed by atoms with Crippen molar-refractivity contribution in [3.63, 3.8) is 0 Å². The molecule has 0 bridgehead atoms. The topological polar surface area (TPSA) is 133 Å². The lowest BCUT2D eigenvalue weighted by atomic mass is 10.3. The SMILES string of the molecule is Nc1cccc(-c2nc3[nH]c(=O)[nH]c(=O)c3[nH]2)n1. The second kappa shape index (κ2) is 3.55. The van der Waals surface area contributed by atoms with Crippen molar-refractivity contribution < 1.29 is 0 Å². The zero-order chi connectivity index (χ0) is 12.7. The molecular weight excluding hydrogens is 236 g/mol. The van der Waals surface area contributed by atoms with E-state index in [0.29, 0.717) is 17.3 Å². The maximum Gasteiger partial charge on any atom is 0.327 e. The van der Waals surface area contributed by atoms with Crippen LogP contribution in [0.4, 0.5) is 5.82 Å². The molecule has 3 aromatic rings. The maximum atomic E-state index is 11.5. The van der Waals surface area contributed by atoms with E-state index in [0.717, 1.165) is 0 Å². The van der Waals surface area contributed by atoms with Crippen LogP contribution in [0.3, 0.4) is 0 Å². The number of fused-ring (bicyclic) bond motifs is 1. The first-order valence-corrected chi connectivity index (χ1v) is 5.09. The minimum absolute atomic E-state index is 0.183. The van der Waals surface area contributed by atoms with E-state index >= 15 is 0 Å². The minimum Gasteiger partial charge on any atom is -0.384 e. The number of anilines is 1. The fourth-order valence-electron chi connectivity index (χ4n) is 1.64. The van der Waals surface area contributed by atoms with Gasteiger partial charge in [0.05, 0.1) is 0 Å². The van der Waals surface area contributed by atoms with Crippen LogP contribution in [0.15, 0.2) is 27.8 Å². The Bertz CT molecular complexity index is 843. The summed E-state index contributed by atoms with van der Waals surface area (Å²) in [5.41, 5.74) is 5.29. The van der Waals surface area contributed by atoms with Gasteiger partial charge in [-0.3, -0.25) is 14.8 Å². The van der Waals surface area contributed by atoms with Gasteiger partial charge >= 0.3 is 5.69 Å². The monoisotopic (exact) mass is 244 g/mol. The Hall–Kier alpha value is -2.90. The fraction of sp³-hybridized carbons (Fsp3) is 0. The van der Waals surface area contributed by atoms with Gasteiger partial charge in [0.15, 0.2) is 11.5 Å². The normalized spacial score (nSPS) is 10.9. The van der Waals surface area contributed by atoms with Crippen LogP contribution < -0.4 is 17.0 Å². The van der Waals surface area contributed by atoms with E-state index in [1.807, 2.05) is 0 Å². The molecule has 8 nitrogen and oxygen atoms in total. The van der Waals surface area contributed by atoms with E-state index in [1.165, 1.54) is 0 Å². The number of H-pyrrole nitrogens is 3. The van der Waals surface area contributed by atoms with Gasteiger partial charge in [-0.15, -0.1) is 0 Å². The van der Waals surface area contributed by atoms with Crippen LogP contribution in [0.25, 0.3) is 22.7 Å². The smallest absolute Gasteiger partial charge is 0.327 e. The number of nitrogen functional groups attached to an aromatic ring is 1. The van der Waals surface area contributed by atoms with Crippen molar-refractivity contribution in [1.82, 2.24) is 24.9 Å². The fourth-order valence-corrected chi connectivity index (χ4v) is 1.64. The lowest BCUT2D eigenvalue weighted by Gasteiger charge is -1.96. The number of nitrogens with two attached hydrogens (primary N) is 1. The van der Waals surface area contributed by atoms with Crippen LogP contribution in [0.5, 0.6) is 0 Å².